The summed E-state index contributed by atoms with van der Waals surface area (Å²) in [5.41, 5.74) is 4.73. The van der Waals surface area contributed by atoms with Gasteiger partial charge in [-0.15, -0.1) is 24.8 Å². The highest BCUT2D eigenvalue weighted by atomic mass is 35.5. The average Bonchev–Trinajstić information content (AvgIpc) is 3.99. The maximum atomic E-state index is 13.2. The molecule has 19 heteroatoms. The maximum Gasteiger partial charge on any atom is 0.270 e. The molecule has 61 heavy (non-hydrogen) atoms. The molecule has 9 rings (SSSR count). The van der Waals surface area contributed by atoms with Crippen LogP contribution < -0.4 is 20.4 Å². The van der Waals surface area contributed by atoms with Crippen molar-refractivity contribution in [1.82, 2.24) is 44.4 Å². The summed E-state index contributed by atoms with van der Waals surface area (Å²) < 4.78 is 2.12. The zero-order valence-electron chi connectivity index (χ0n) is 34.5. The number of carbonyl (C=O) groups is 4. The SMILES string of the molecule is CN(C)C(=O)c1cc2cnc(Nc3ccc(N4CCN(CCN5CCN(c6ccc7c(c6Cl)CN(C6CCC(=O)NC6=O)C7=O)CC5)CC4)cn3)nc2n1C1CCCC1.Cl.Cl. The predicted octanol–water partition coefficient (Wildman–Crippen LogP) is 4.59. The lowest BCUT2D eigenvalue weighted by molar-refractivity contribution is -0.136. The summed E-state index contributed by atoms with van der Waals surface area (Å²) >= 11 is 6.95. The summed E-state index contributed by atoms with van der Waals surface area (Å²) in [6.45, 7) is 9.59. The van der Waals surface area contributed by atoms with Gasteiger partial charge in [0.2, 0.25) is 17.8 Å². The summed E-state index contributed by atoms with van der Waals surface area (Å²) in [4.78, 5) is 77.5. The van der Waals surface area contributed by atoms with Crippen LogP contribution >= 0.6 is 36.4 Å². The Morgan fingerprint density at radius 2 is 1.56 bits per heavy atom. The summed E-state index contributed by atoms with van der Waals surface area (Å²) in [5.74, 6) is 0.166. The molecule has 5 aliphatic rings. The van der Waals surface area contributed by atoms with Crippen molar-refractivity contribution in [2.45, 2.75) is 57.2 Å². The summed E-state index contributed by atoms with van der Waals surface area (Å²) in [6, 6.07) is 9.33. The van der Waals surface area contributed by atoms with Crippen molar-refractivity contribution in [3.8, 4) is 0 Å². The van der Waals surface area contributed by atoms with Crippen LogP contribution in [-0.2, 0) is 16.1 Å². The molecule has 16 nitrogen and oxygen atoms in total. The molecule has 0 radical (unpaired) electrons. The van der Waals surface area contributed by atoms with E-state index in [9.17, 15) is 19.2 Å². The van der Waals surface area contributed by atoms with Gasteiger partial charge in [0.1, 0.15) is 23.2 Å². The fraction of sp³-hybridized carbons (Fsp3) is 0.500. The molecular weight excluding hydrogens is 843 g/mol. The third-order valence-electron chi connectivity index (χ3n) is 12.7. The lowest BCUT2D eigenvalue weighted by atomic mass is 10.0. The van der Waals surface area contributed by atoms with Crippen LogP contribution in [0.2, 0.25) is 5.02 Å². The number of hydrogen-bond donors (Lipinski definition) is 2. The number of benzene rings is 1. The second-order valence-electron chi connectivity index (χ2n) is 16.5. The maximum absolute atomic E-state index is 13.2. The lowest BCUT2D eigenvalue weighted by Gasteiger charge is -2.39. The van der Waals surface area contributed by atoms with Crippen LogP contribution in [0.25, 0.3) is 11.0 Å². The van der Waals surface area contributed by atoms with Gasteiger partial charge in [0.05, 0.1) is 22.6 Å². The van der Waals surface area contributed by atoms with Gasteiger partial charge < -0.3 is 29.5 Å². The van der Waals surface area contributed by atoms with Gasteiger partial charge >= 0.3 is 0 Å². The third kappa shape index (κ3) is 8.96. The molecule has 2 N–H and O–H groups in total. The number of aromatic nitrogens is 4. The number of rotatable bonds is 10. The Kier molecular flexibility index (Phi) is 13.6. The van der Waals surface area contributed by atoms with Crippen molar-refractivity contribution in [3.63, 3.8) is 0 Å². The number of carbonyl (C=O) groups excluding carboxylic acids is 4. The number of imide groups is 1. The zero-order valence-corrected chi connectivity index (χ0v) is 36.9. The number of fused-ring (bicyclic) bond motifs is 2. The molecular formula is C42H53Cl3N12O4. The molecule has 0 spiro atoms. The summed E-state index contributed by atoms with van der Waals surface area (Å²) in [7, 11) is 3.56. The van der Waals surface area contributed by atoms with E-state index < -0.39 is 11.9 Å². The van der Waals surface area contributed by atoms with Crippen LogP contribution in [0.5, 0.6) is 0 Å². The molecule has 4 amide bonds. The Bertz CT molecular complexity index is 2270. The highest BCUT2D eigenvalue weighted by Crippen LogP contribution is 2.39. The van der Waals surface area contributed by atoms with Gasteiger partial charge in [-0.3, -0.25) is 34.3 Å². The number of nitrogens with zero attached hydrogens (tertiary/aromatic N) is 10. The van der Waals surface area contributed by atoms with Crippen LogP contribution in [0.4, 0.5) is 23.1 Å². The molecule has 4 fully saturated rings. The Labute approximate surface area is 372 Å². The molecule has 7 heterocycles. The Hall–Kier alpha value is -4.74. The number of amides is 4. The van der Waals surface area contributed by atoms with Crippen molar-refractivity contribution >= 4 is 94.2 Å². The van der Waals surface area contributed by atoms with E-state index in [-0.39, 0.29) is 61.5 Å². The zero-order chi connectivity index (χ0) is 40.8. The van der Waals surface area contributed by atoms with E-state index in [1.807, 2.05) is 30.5 Å². The molecule has 1 aliphatic carbocycles. The van der Waals surface area contributed by atoms with Crippen LogP contribution in [-0.4, -0.2) is 148 Å². The largest absolute Gasteiger partial charge is 0.368 e. The molecule has 4 aliphatic heterocycles. The van der Waals surface area contributed by atoms with E-state index in [0.29, 0.717) is 34.5 Å². The first kappa shape index (κ1) is 44.3. The van der Waals surface area contributed by atoms with E-state index in [0.717, 1.165) is 119 Å². The number of anilines is 4. The van der Waals surface area contributed by atoms with Gasteiger partial charge in [0.25, 0.3) is 11.8 Å². The second kappa shape index (κ2) is 18.7. The van der Waals surface area contributed by atoms with Crippen molar-refractivity contribution in [3.05, 3.63) is 64.6 Å². The first-order valence-corrected chi connectivity index (χ1v) is 21.2. The Morgan fingerprint density at radius 3 is 2.20 bits per heavy atom. The topological polar surface area (TPSA) is 155 Å². The Morgan fingerprint density at radius 1 is 0.869 bits per heavy atom. The number of nitrogens with one attached hydrogen (secondary N) is 2. The molecule has 326 valence electrons. The summed E-state index contributed by atoms with van der Waals surface area (Å²) in [5, 5.41) is 7.08. The van der Waals surface area contributed by atoms with E-state index in [1.54, 1.807) is 30.1 Å². The fourth-order valence-electron chi connectivity index (χ4n) is 9.32. The third-order valence-corrected chi connectivity index (χ3v) is 13.1. The van der Waals surface area contributed by atoms with Gasteiger partial charge in [-0.1, -0.05) is 24.4 Å². The van der Waals surface area contributed by atoms with Crippen molar-refractivity contribution in [1.29, 1.82) is 0 Å². The molecule has 3 aromatic heterocycles. The summed E-state index contributed by atoms with van der Waals surface area (Å²) in [6.07, 6.45) is 8.62. The van der Waals surface area contributed by atoms with Crippen LogP contribution in [0.1, 0.15) is 71.0 Å². The molecule has 1 unspecified atom stereocenters. The normalized spacial score (nSPS) is 20.1. The van der Waals surface area contributed by atoms with Crippen molar-refractivity contribution in [2.24, 2.45) is 0 Å². The number of piperidine rings is 1. The standard InChI is InChI=1S/C42H51ClN12O4.2ClH/c1-49(2)41(59)34-23-27-24-45-42(48-38(27)55(34)28-5-3-4-6-28)46-35-11-7-29(25-44-35)52-19-15-50(16-20-52)13-14-51-17-21-53(22-18-51)32-9-8-30-31(37(32)43)26-54(40(30)58)33-10-12-36(56)47-39(33)57;;/h7-9,11,23-25,28,33H,3-6,10,12-22,26H2,1-2H3,(H,47,56,57)(H,44,45,46,48);2*1H. The second-order valence-corrected chi connectivity index (χ2v) is 16.9. The van der Waals surface area contributed by atoms with Gasteiger partial charge in [0.15, 0.2) is 0 Å². The van der Waals surface area contributed by atoms with E-state index in [2.05, 4.69) is 45.9 Å². The number of pyridine rings is 1. The number of halogens is 3. The van der Waals surface area contributed by atoms with Crippen molar-refractivity contribution < 1.29 is 19.2 Å². The van der Waals surface area contributed by atoms with Gasteiger partial charge in [-0.2, -0.15) is 4.98 Å². The van der Waals surface area contributed by atoms with Crippen molar-refractivity contribution in [2.75, 3.05) is 94.7 Å². The first-order valence-electron chi connectivity index (χ1n) is 20.8. The predicted molar refractivity (Wildman–Crippen MR) is 240 cm³/mol. The van der Waals surface area contributed by atoms with Crippen LogP contribution in [0.15, 0.2) is 42.7 Å². The smallest absolute Gasteiger partial charge is 0.270 e. The fourth-order valence-corrected chi connectivity index (χ4v) is 9.66. The molecule has 4 aromatic rings. The number of piperazine rings is 2. The molecule has 0 bridgehead atoms. The minimum absolute atomic E-state index is 0. The molecule has 1 atom stereocenters. The monoisotopic (exact) mass is 894 g/mol. The highest BCUT2D eigenvalue weighted by molar-refractivity contribution is 6.35. The first-order chi connectivity index (χ1) is 28.6. The van der Waals surface area contributed by atoms with E-state index >= 15 is 0 Å². The van der Waals surface area contributed by atoms with E-state index in [4.69, 9.17) is 21.6 Å². The minimum atomic E-state index is -0.660. The molecule has 1 saturated carbocycles. The van der Waals surface area contributed by atoms with Gasteiger partial charge in [-0.05, 0) is 49.6 Å². The van der Waals surface area contributed by atoms with E-state index in [1.165, 1.54) is 0 Å². The number of hydrogen-bond acceptors (Lipinski definition) is 12. The van der Waals surface area contributed by atoms with Crippen LogP contribution in [0, 0.1) is 0 Å². The quantitative estimate of drug-likeness (QED) is 0.214. The average molecular weight is 896 g/mol. The molecule has 1 aromatic carbocycles. The Balaban J connectivity index is 0.00000281. The minimum Gasteiger partial charge on any atom is -0.368 e. The van der Waals surface area contributed by atoms with Crippen LogP contribution in [0.3, 0.4) is 0 Å². The lowest BCUT2D eigenvalue weighted by Crippen LogP contribution is -2.52. The van der Waals surface area contributed by atoms with Gasteiger partial charge in [0, 0.05) is 121 Å². The highest BCUT2D eigenvalue weighted by Gasteiger charge is 2.40. The molecule has 3 saturated heterocycles. The van der Waals surface area contributed by atoms with Gasteiger partial charge in [-0.25, -0.2) is 9.97 Å².